The van der Waals surface area contributed by atoms with Crippen LogP contribution in [-0.4, -0.2) is 27.9 Å². The quantitative estimate of drug-likeness (QED) is 0.0955. The van der Waals surface area contributed by atoms with E-state index < -0.39 is 4.92 Å². The van der Waals surface area contributed by atoms with E-state index in [0.717, 1.165) is 36.8 Å². The van der Waals surface area contributed by atoms with Gasteiger partial charge < -0.3 is 9.47 Å². The van der Waals surface area contributed by atoms with Crippen LogP contribution in [0.25, 0.3) is 10.9 Å². The van der Waals surface area contributed by atoms with Crippen molar-refractivity contribution >= 4 is 22.8 Å². The Morgan fingerprint density at radius 1 is 1.12 bits per heavy atom. The van der Waals surface area contributed by atoms with Crippen LogP contribution in [0.2, 0.25) is 0 Å². The van der Waals surface area contributed by atoms with Crippen molar-refractivity contribution < 1.29 is 14.4 Å². The maximum atomic E-state index is 13.6. The van der Waals surface area contributed by atoms with Gasteiger partial charge in [-0.1, -0.05) is 49.6 Å². The zero-order valence-corrected chi connectivity index (χ0v) is 23.0. The molecular weight excluding hydrogens is 520 g/mol. The van der Waals surface area contributed by atoms with Gasteiger partial charge in [0.2, 0.25) is 0 Å². The molecule has 41 heavy (non-hydrogen) atoms. The normalized spacial score (nSPS) is 13.9. The lowest BCUT2D eigenvalue weighted by Gasteiger charge is -2.22. The number of fused-ring (bicyclic) bond motifs is 1. The summed E-state index contributed by atoms with van der Waals surface area (Å²) in [5, 5.41) is 16.3. The maximum absolute atomic E-state index is 13.6. The average molecular weight is 553 g/mol. The van der Waals surface area contributed by atoms with Crippen molar-refractivity contribution in [3.63, 3.8) is 0 Å². The number of allylic oxidation sites excluding steroid dienone is 1. The predicted octanol–water partition coefficient (Wildman–Crippen LogP) is 6.55. The second-order valence-corrected chi connectivity index (χ2v) is 10.1. The molecule has 0 N–H and O–H groups in total. The fraction of sp³-hybridized carbons (Fsp3) is 0.281. The minimum Gasteiger partial charge on any atom is -0.493 e. The summed E-state index contributed by atoms with van der Waals surface area (Å²) in [5.74, 6) is 1.87. The number of aromatic nitrogens is 2. The standard InChI is InChI=1S/C32H32N4O5/c1-3-10-25-17-23(19-29(40-2)30(25)41-21-22-11-9-14-26(18-22)36(38)39)20-33-35-31(24-12-5-4-6-13-24)34-28-16-8-7-15-27(28)32(35)37/h3,7-9,11,14-20,24H,1,4-6,10,12-13,21H2,2H3. The monoisotopic (exact) mass is 552 g/mol. The molecule has 0 atom stereocenters. The number of methoxy groups -OCH3 is 1. The van der Waals surface area contributed by atoms with Crippen molar-refractivity contribution in [2.45, 2.75) is 51.0 Å². The first-order valence-electron chi connectivity index (χ1n) is 13.7. The molecule has 0 amide bonds. The first-order chi connectivity index (χ1) is 20.0. The Bertz CT molecular complexity index is 1670. The van der Waals surface area contributed by atoms with Crippen molar-refractivity contribution in [3.8, 4) is 11.5 Å². The Balaban J connectivity index is 1.50. The number of benzene rings is 3. The summed E-state index contributed by atoms with van der Waals surface area (Å²) in [6.45, 7) is 3.99. The van der Waals surface area contributed by atoms with Gasteiger partial charge in [-0.05, 0) is 54.7 Å². The summed E-state index contributed by atoms with van der Waals surface area (Å²) < 4.78 is 13.2. The SMILES string of the molecule is C=CCc1cc(C=Nn2c(C3CCCCC3)nc3ccccc3c2=O)cc(OC)c1OCc1cccc([N+](=O)[O-])c1. The number of hydrogen-bond acceptors (Lipinski definition) is 7. The Morgan fingerprint density at radius 2 is 1.93 bits per heavy atom. The van der Waals surface area contributed by atoms with Crippen molar-refractivity contribution in [1.82, 2.24) is 9.66 Å². The number of rotatable bonds is 10. The molecule has 1 fully saturated rings. The van der Waals surface area contributed by atoms with E-state index in [1.807, 2.05) is 24.3 Å². The number of nitro benzene ring substituents is 1. The van der Waals surface area contributed by atoms with Gasteiger partial charge >= 0.3 is 0 Å². The van der Waals surface area contributed by atoms with Crippen molar-refractivity contribution in [2.24, 2.45) is 5.10 Å². The van der Waals surface area contributed by atoms with Crippen LogP contribution < -0.4 is 15.0 Å². The van der Waals surface area contributed by atoms with Crippen LogP contribution in [0.15, 0.2) is 83.2 Å². The molecule has 1 saturated carbocycles. The van der Waals surface area contributed by atoms with E-state index in [0.29, 0.717) is 40.2 Å². The number of para-hydroxylation sites is 1. The molecule has 0 bridgehead atoms. The molecule has 3 aromatic carbocycles. The van der Waals surface area contributed by atoms with Gasteiger partial charge in [0.15, 0.2) is 11.5 Å². The topological polar surface area (TPSA) is 109 Å². The molecule has 9 nitrogen and oxygen atoms in total. The zero-order chi connectivity index (χ0) is 28.8. The molecule has 0 saturated heterocycles. The van der Waals surface area contributed by atoms with Crippen molar-refractivity contribution in [3.05, 3.63) is 116 Å². The van der Waals surface area contributed by atoms with Gasteiger partial charge in [-0.25, -0.2) is 4.98 Å². The number of hydrogen-bond donors (Lipinski definition) is 0. The summed E-state index contributed by atoms with van der Waals surface area (Å²) in [6.07, 6.45) is 9.26. The van der Waals surface area contributed by atoms with E-state index in [-0.39, 0.29) is 23.8 Å². The van der Waals surface area contributed by atoms with Crippen LogP contribution in [0.1, 0.15) is 60.5 Å². The molecule has 1 heterocycles. The smallest absolute Gasteiger partial charge is 0.282 e. The highest BCUT2D eigenvalue weighted by Crippen LogP contribution is 2.35. The average Bonchev–Trinajstić information content (AvgIpc) is 3.00. The lowest BCUT2D eigenvalue weighted by atomic mass is 9.88. The van der Waals surface area contributed by atoms with Gasteiger partial charge in [0.05, 0.1) is 29.2 Å². The molecular formula is C32H32N4O5. The molecule has 0 unspecified atom stereocenters. The number of nitrogens with zero attached hydrogens (tertiary/aromatic N) is 4. The largest absolute Gasteiger partial charge is 0.493 e. The molecule has 5 rings (SSSR count). The third kappa shape index (κ3) is 6.19. The number of ether oxygens (including phenoxy) is 2. The molecule has 1 aliphatic carbocycles. The Kier molecular flexibility index (Phi) is 8.53. The van der Waals surface area contributed by atoms with E-state index in [9.17, 15) is 14.9 Å². The van der Waals surface area contributed by atoms with Crippen LogP contribution >= 0.6 is 0 Å². The highest BCUT2D eigenvalue weighted by atomic mass is 16.6. The minimum atomic E-state index is -0.433. The third-order valence-electron chi connectivity index (χ3n) is 7.31. The highest BCUT2D eigenvalue weighted by Gasteiger charge is 2.22. The Hall–Kier alpha value is -4.79. The van der Waals surface area contributed by atoms with E-state index >= 15 is 0 Å². The van der Waals surface area contributed by atoms with E-state index in [4.69, 9.17) is 14.5 Å². The van der Waals surface area contributed by atoms with Crippen molar-refractivity contribution in [2.75, 3.05) is 7.11 Å². The van der Waals surface area contributed by atoms with Crippen LogP contribution in [0.5, 0.6) is 11.5 Å². The van der Waals surface area contributed by atoms with Gasteiger partial charge in [0, 0.05) is 23.6 Å². The second-order valence-electron chi connectivity index (χ2n) is 10.1. The molecule has 1 aromatic heterocycles. The number of nitro groups is 1. The fourth-order valence-electron chi connectivity index (χ4n) is 5.30. The van der Waals surface area contributed by atoms with Gasteiger partial charge in [0.1, 0.15) is 12.4 Å². The molecule has 210 valence electrons. The number of non-ortho nitro benzene ring substituents is 1. The van der Waals surface area contributed by atoms with Crippen LogP contribution in [0, 0.1) is 10.1 Å². The van der Waals surface area contributed by atoms with Crippen LogP contribution in [0.3, 0.4) is 0 Å². The van der Waals surface area contributed by atoms with Gasteiger partial charge in [-0.3, -0.25) is 14.9 Å². The molecule has 9 heteroatoms. The molecule has 0 radical (unpaired) electrons. The van der Waals surface area contributed by atoms with Crippen LogP contribution in [0.4, 0.5) is 5.69 Å². The summed E-state index contributed by atoms with van der Waals surface area (Å²) >= 11 is 0. The Morgan fingerprint density at radius 3 is 2.68 bits per heavy atom. The molecule has 1 aliphatic rings. The summed E-state index contributed by atoms with van der Waals surface area (Å²) in [6, 6.07) is 17.4. The third-order valence-corrected chi connectivity index (χ3v) is 7.31. The summed E-state index contributed by atoms with van der Waals surface area (Å²) in [5.41, 5.74) is 2.68. The fourth-order valence-corrected chi connectivity index (χ4v) is 5.30. The van der Waals surface area contributed by atoms with Crippen molar-refractivity contribution in [1.29, 1.82) is 0 Å². The van der Waals surface area contributed by atoms with Gasteiger partial charge in [-0.2, -0.15) is 9.78 Å². The predicted molar refractivity (Wildman–Crippen MR) is 159 cm³/mol. The second kappa shape index (κ2) is 12.6. The zero-order valence-electron chi connectivity index (χ0n) is 23.0. The van der Waals surface area contributed by atoms with E-state index in [2.05, 4.69) is 11.7 Å². The molecule has 0 aliphatic heterocycles. The van der Waals surface area contributed by atoms with Crippen LogP contribution in [-0.2, 0) is 13.0 Å². The summed E-state index contributed by atoms with van der Waals surface area (Å²) in [7, 11) is 1.55. The maximum Gasteiger partial charge on any atom is 0.282 e. The lowest BCUT2D eigenvalue weighted by Crippen LogP contribution is -2.25. The Labute approximate surface area is 237 Å². The summed E-state index contributed by atoms with van der Waals surface area (Å²) in [4.78, 5) is 29.2. The highest BCUT2D eigenvalue weighted by molar-refractivity contribution is 5.82. The van der Waals surface area contributed by atoms with E-state index in [1.54, 1.807) is 43.7 Å². The van der Waals surface area contributed by atoms with Gasteiger partial charge in [-0.15, -0.1) is 6.58 Å². The first kappa shape index (κ1) is 27.8. The molecule has 0 spiro atoms. The molecule has 4 aromatic rings. The minimum absolute atomic E-state index is 0.00181. The first-order valence-corrected chi connectivity index (χ1v) is 13.7. The van der Waals surface area contributed by atoms with Gasteiger partial charge in [0.25, 0.3) is 11.2 Å². The van der Waals surface area contributed by atoms with E-state index in [1.165, 1.54) is 23.2 Å². The lowest BCUT2D eigenvalue weighted by molar-refractivity contribution is -0.384.